The van der Waals surface area contributed by atoms with Crippen molar-refractivity contribution in [2.75, 3.05) is 17.2 Å². The fraction of sp³-hybridized carbons (Fsp3) is 0.353. The van der Waals surface area contributed by atoms with Crippen molar-refractivity contribution in [2.45, 2.75) is 32.1 Å². The number of aryl methyl sites for hydroxylation is 2. The lowest BCUT2D eigenvalue weighted by Crippen LogP contribution is -2.28. The van der Waals surface area contributed by atoms with Gasteiger partial charge in [-0.15, -0.1) is 11.3 Å². The molecule has 0 spiro atoms. The number of hydrogen-bond donors (Lipinski definition) is 1. The number of fused-ring (bicyclic) bond motifs is 2. The molecule has 0 saturated carbocycles. The first-order valence-corrected chi connectivity index (χ1v) is 8.36. The topological polar surface area (TPSA) is 46.3 Å². The first-order valence-electron chi connectivity index (χ1n) is 7.55. The molecule has 21 heavy (non-hydrogen) atoms. The predicted octanol–water partition coefficient (Wildman–Crippen LogP) is 3.41. The monoisotopic (exact) mass is 298 g/mol. The normalized spacial score (nSPS) is 16.7. The lowest BCUT2D eigenvalue weighted by molar-refractivity contribution is 0.0993. The van der Waals surface area contributed by atoms with Gasteiger partial charge in [-0.1, -0.05) is 6.07 Å². The quantitative estimate of drug-likeness (QED) is 0.820. The second-order valence-electron chi connectivity index (χ2n) is 5.82. The summed E-state index contributed by atoms with van der Waals surface area (Å²) in [4.78, 5) is 17.0. The van der Waals surface area contributed by atoms with Crippen LogP contribution in [0.1, 0.15) is 38.5 Å². The van der Waals surface area contributed by atoms with Gasteiger partial charge in [0.15, 0.2) is 0 Å². The van der Waals surface area contributed by atoms with Gasteiger partial charge in [0.2, 0.25) is 0 Å². The third kappa shape index (κ3) is 2.05. The number of carbonyl (C=O) groups excluding carboxylic acids is 1. The summed E-state index contributed by atoms with van der Waals surface area (Å²) >= 11 is 1.69. The van der Waals surface area contributed by atoms with Crippen LogP contribution in [0, 0.1) is 0 Å². The van der Waals surface area contributed by atoms with Gasteiger partial charge in [0, 0.05) is 28.4 Å². The minimum Gasteiger partial charge on any atom is -0.398 e. The van der Waals surface area contributed by atoms with Crippen molar-refractivity contribution in [3.05, 3.63) is 45.1 Å². The summed E-state index contributed by atoms with van der Waals surface area (Å²) < 4.78 is 0. The molecule has 0 atom stereocenters. The molecule has 1 aliphatic heterocycles. The van der Waals surface area contributed by atoms with Crippen molar-refractivity contribution < 1.29 is 4.79 Å². The molecule has 3 nitrogen and oxygen atoms in total. The van der Waals surface area contributed by atoms with Gasteiger partial charge >= 0.3 is 0 Å². The number of thiophene rings is 1. The Balaban J connectivity index is 1.68. The van der Waals surface area contributed by atoms with Crippen molar-refractivity contribution in [3.63, 3.8) is 0 Å². The van der Waals surface area contributed by atoms with Gasteiger partial charge < -0.3 is 10.6 Å². The van der Waals surface area contributed by atoms with E-state index in [2.05, 4.69) is 6.07 Å². The van der Waals surface area contributed by atoms with Gasteiger partial charge in [0.1, 0.15) is 0 Å². The van der Waals surface area contributed by atoms with Gasteiger partial charge in [-0.3, -0.25) is 4.79 Å². The van der Waals surface area contributed by atoms with E-state index in [1.54, 1.807) is 11.3 Å². The van der Waals surface area contributed by atoms with E-state index < -0.39 is 0 Å². The molecule has 4 rings (SSSR count). The maximum absolute atomic E-state index is 12.8. The standard InChI is InChI=1S/C17H18N2OS/c18-13-5-3-6-14-12(13)8-9-19(14)17(20)16-10-11-4-1-2-7-15(11)21-16/h3,5-6,10H,1-2,4,7-9,18H2. The summed E-state index contributed by atoms with van der Waals surface area (Å²) in [5.74, 6) is 0.138. The number of hydrogen-bond acceptors (Lipinski definition) is 3. The molecule has 4 heteroatoms. The zero-order valence-corrected chi connectivity index (χ0v) is 12.7. The number of carbonyl (C=O) groups is 1. The molecule has 2 N–H and O–H groups in total. The smallest absolute Gasteiger partial charge is 0.268 e. The highest BCUT2D eigenvalue weighted by Gasteiger charge is 2.28. The maximum atomic E-state index is 12.8. The van der Waals surface area contributed by atoms with E-state index in [1.807, 2.05) is 23.1 Å². The molecular formula is C17H18N2OS. The predicted molar refractivity (Wildman–Crippen MR) is 87.2 cm³/mol. The molecular weight excluding hydrogens is 280 g/mol. The van der Waals surface area contributed by atoms with Crippen LogP contribution in [-0.2, 0) is 19.3 Å². The Morgan fingerprint density at radius 3 is 2.90 bits per heavy atom. The Bertz CT molecular complexity index is 696. The van der Waals surface area contributed by atoms with Crippen molar-refractivity contribution in [1.82, 2.24) is 0 Å². The molecule has 1 aromatic heterocycles. The van der Waals surface area contributed by atoms with Crippen LogP contribution >= 0.6 is 11.3 Å². The van der Waals surface area contributed by atoms with Crippen LogP contribution in [0.4, 0.5) is 11.4 Å². The van der Waals surface area contributed by atoms with Gasteiger partial charge in [0.25, 0.3) is 5.91 Å². The number of nitrogens with two attached hydrogens (primary N) is 1. The second kappa shape index (κ2) is 4.88. The van der Waals surface area contributed by atoms with Gasteiger partial charge in [-0.2, -0.15) is 0 Å². The summed E-state index contributed by atoms with van der Waals surface area (Å²) in [5, 5.41) is 0. The third-order valence-electron chi connectivity index (χ3n) is 4.52. The number of amides is 1. The van der Waals surface area contributed by atoms with E-state index in [4.69, 9.17) is 5.73 Å². The fourth-order valence-corrected chi connectivity index (χ4v) is 4.60. The summed E-state index contributed by atoms with van der Waals surface area (Å²) in [6.07, 6.45) is 5.63. The largest absolute Gasteiger partial charge is 0.398 e. The Morgan fingerprint density at radius 1 is 1.19 bits per heavy atom. The number of benzene rings is 1. The Kier molecular flexibility index (Phi) is 3.00. The molecule has 0 saturated heterocycles. The Morgan fingerprint density at radius 2 is 2.05 bits per heavy atom. The highest BCUT2D eigenvalue weighted by molar-refractivity contribution is 7.14. The zero-order valence-electron chi connectivity index (χ0n) is 11.9. The molecule has 0 unspecified atom stereocenters. The van der Waals surface area contributed by atoms with Crippen LogP contribution in [0.2, 0.25) is 0 Å². The number of nitrogen functional groups attached to an aromatic ring is 1. The van der Waals surface area contributed by atoms with Crippen molar-refractivity contribution in [1.29, 1.82) is 0 Å². The maximum Gasteiger partial charge on any atom is 0.268 e. The molecule has 1 amide bonds. The van der Waals surface area contributed by atoms with E-state index in [0.29, 0.717) is 0 Å². The zero-order chi connectivity index (χ0) is 14.4. The lowest BCUT2D eigenvalue weighted by Gasteiger charge is -2.16. The number of nitrogens with zero attached hydrogens (tertiary/aromatic N) is 1. The van der Waals surface area contributed by atoms with Crippen molar-refractivity contribution >= 4 is 28.6 Å². The first kappa shape index (κ1) is 12.9. The number of rotatable bonds is 1. The van der Waals surface area contributed by atoms with E-state index in [1.165, 1.54) is 23.3 Å². The Hall–Kier alpha value is -1.81. The Labute approximate surface area is 128 Å². The summed E-state index contributed by atoms with van der Waals surface area (Å²) in [7, 11) is 0. The van der Waals surface area contributed by atoms with Crippen molar-refractivity contribution in [2.24, 2.45) is 0 Å². The van der Waals surface area contributed by atoms with E-state index in [9.17, 15) is 4.79 Å². The number of anilines is 2. The molecule has 0 bridgehead atoms. The summed E-state index contributed by atoms with van der Waals surface area (Å²) in [6.45, 7) is 0.741. The molecule has 108 valence electrons. The van der Waals surface area contributed by atoms with Gasteiger partial charge in [0.05, 0.1) is 4.88 Å². The molecule has 1 aliphatic carbocycles. The second-order valence-corrected chi connectivity index (χ2v) is 6.95. The minimum absolute atomic E-state index is 0.138. The lowest BCUT2D eigenvalue weighted by atomic mass is 9.99. The molecule has 1 aromatic carbocycles. The average Bonchev–Trinajstić information content (AvgIpc) is 3.11. The van der Waals surface area contributed by atoms with Gasteiger partial charge in [-0.25, -0.2) is 0 Å². The van der Waals surface area contributed by atoms with Crippen LogP contribution in [0.25, 0.3) is 0 Å². The van der Waals surface area contributed by atoms with E-state index in [-0.39, 0.29) is 5.91 Å². The third-order valence-corrected chi connectivity index (χ3v) is 5.74. The van der Waals surface area contributed by atoms with Crippen LogP contribution in [0.5, 0.6) is 0 Å². The van der Waals surface area contributed by atoms with Crippen LogP contribution in [-0.4, -0.2) is 12.5 Å². The van der Waals surface area contributed by atoms with Crippen molar-refractivity contribution in [3.8, 4) is 0 Å². The molecule has 2 aromatic rings. The average molecular weight is 298 g/mol. The molecule has 0 radical (unpaired) electrons. The summed E-state index contributed by atoms with van der Waals surface area (Å²) in [6, 6.07) is 7.96. The van der Waals surface area contributed by atoms with E-state index in [0.717, 1.165) is 47.6 Å². The first-order chi connectivity index (χ1) is 10.2. The van der Waals surface area contributed by atoms with Crippen LogP contribution in [0.15, 0.2) is 24.3 Å². The summed E-state index contributed by atoms with van der Waals surface area (Å²) in [5.41, 5.74) is 10.3. The van der Waals surface area contributed by atoms with E-state index >= 15 is 0 Å². The highest BCUT2D eigenvalue weighted by Crippen LogP contribution is 2.35. The molecule has 0 fully saturated rings. The van der Waals surface area contributed by atoms with Crippen LogP contribution < -0.4 is 10.6 Å². The SMILES string of the molecule is Nc1cccc2c1CCN2C(=O)c1cc2c(s1)CCCC2. The molecule has 2 heterocycles. The minimum atomic E-state index is 0.138. The van der Waals surface area contributed by atoms with Crippen LogP contribution in [0.3, 0.4) is 0 Å². The fourth-order valence-electron chi connectivity index (χ4n) is 3.40. The van der Waals surface area contributed by atoms with Gasteiger partial charge in [-0.05, 0) is 55.9 Å². The molecule has 2 aliphatic rings. The highest BCUT2D eigenvalue weighted by atomic mass is 32.1.